The first kappa shape index (κ1) is 35.8. The number of aryl methyl sites for hydroxylation is 1. The standard InChI is InChI=1S/C32H43F3NO7P/c1-22(37)26-12-9-24(10-13-26)16-18-39-28-14-11-25(19-27(28)32(33,34)35)15-17-31(20-40-23(2)36-31)21-41-44(38,42-29(3,4)5)43-30(6,7)8/h9-14,19H,15-18,20-21H2,1-8H3. The van der Waals surface area contributed by atoms with E-state index in [1.165, 1.54) is 13.0 Å². The number of aliphatic imine (C=N–C) groups is 1. The Morgan fingerprint density at radius 1 is 0.955 bits per heavy atom. The summed E-state index contributed by atoms with van der Waals surface area (Å²) < 4.78 is 84.2. The van der Waals surface area contributed by atoms with Gasteiger partial charge in [-0.25, -0.2) is 9.56 Å². The van der Waals surface area contributed by atoms with Crippen molar-refractivity contribution < 1.29 is 45.6 Å². The van der Waals surface area contributed by atoms with E-state index in [1.54, 1.807) is 78.8 Å². The Labute approximate surface area is 257 Å². The number of phosphoric ester groups is 1. The van der Waals surface area contributed by atoms with E-state index in [4.69, 9.17) is 23.0 Å². The number of alkyl halides is 3. The van der Waals surface area contributed by atoms with Gasteiger partial charge in [0.1, 0.15) is 17.9 Å². The van der Waals surface area contributed by atoms with Crippen LogP contribution in [0.2, 0.25) is 0 Å². The molecule has 1 aliphatic heterocycles. The second kappa shape index (κ2) is 13.7. The first-order valence-electron chi connectivity index (χ1n) is 14.5. The zero-order valence-electron chi connectivity index (χ0n) is 26.7. The Balaban J connectivity index is 1.73. The molecule has 8 nitrogen and oxygen atoms in total. The first-order chi connectivity index (χ1) is 20.2. The summed E-state index contributed by atoms with van der Waals surface area (Å²) in [5.41, 5.74) is -1.73. The summed E-state index contributed by atoms with van der Waals surface area (Å²) in [7, 11) is -4.05. The summed E-state index contributed by atoms with van der Waals surface area (Å²) >= 11 is 0. The lowest BCUT2D eigenvalue weighted by Gasteiger charge is -2.33. The zero-order chi connectivity index (χ0) is 33.0. The molecule has 244 valence electrons. The molecule has 0 fully saturated rings. The number of hydrogen-bond donors (Lipinski definition) is 0. The fourth-order valence-electron chi connectivity index (χ4n) is 4.49. The number of hydrogen-bond acceptors (Lipinski definition) is 8. The fourth-order valence-corrected chi connectivity index (χ4v) is 6.38. The van der Waals surface area contributed by atoms with Gasteiger partial charge in [0.15, 0.2) is 11.7 Å². The minimum Gasteiger partial charge on any atom is -0.493 e. The molecular weight excluding hydrogens is 598 g/mol. The van der Waals surface area contributed by atoms with Crippen LogP contribution in [0.5, 0.6) is 5.75 Å². The van der Waals surface area contributed by atoms with Crippen molar-refractivity contribution in [1.82, 2.24) is 0 Å². The van der Waals surface area contributed by atoms with E-state index in [-0.39, 0.29) is 44.2 Å². The van der Waals surface area contributed by atoms with Crippen LogP contribution in [0.4, 0.5) is 13.2 Å². The quantitative estimate of drug-likeness (QED) is 0.160. The van der Waals surface area contributed by atoms with Crippen molar-refractivity contribution in [2.45, 2.75) is 97.6 Å². The molecule has 2 aromatic rings. The lowest BCUT2D eigenvalue weighted by molar-refractivity contribution is -0.139. The molecule has 0 radical (unpaired) electrons. The third kappa shape index (κ3) is 11.0. The third-order valence-corrected chi connectivity index (χ3v) is 8.43. The van der Waals surface area contributed by atoms with Crippen LogP contribution in [0, 0.1) is 0 Å². The SMILES string of the molecule is CC(=O)c1ccc(CCOc2ccc(CCC3(COP(=O)(OC(C)(C)C)OC(C)(C)C)COC(C)=N3)cc2C(F)(F)F)cc1. The van der Waals surface area contributed by atoms with Crippen molar-refractivity contribution in [2.75, 3.05) is 19.8 Å². The number of phosphoric acid groups is 1. The van der Waals surface area contributed by atoms with Gasteiger partial charge in [0.2, 0.25) is 0 Å². The van der Waals surface area contributed by atoms with Gasteiger partial charge in [-0.05, 0) is 84.6 Å². The summed E-state index contributed by atoms with van der Waals surface area (Å²) in [6.45, 7) is 13.4. The molecule has 1 aliphatic rings. The minimum atomic E-state index is -4.64. The van der Waals surface area contributed by atoms with E-state index in [2.05, 4.69) is 4.99 Å². The van der Waals surface area contributed by atoms with Gasteiger partial charge in [-0.1, -0.05) is 30.3 Å². The van der Waals surface area contributed by atoms with Crippen molar-refractivity contribution in [3.63, 3.8) is 0 Å². The molecule has 0 aromatic heterocycles. The molecule has 2 aromatic carbocycles. The van der Waals surface area contributed by atoms with E-state index in [0.29, 0.717) is 23.4 Å². The van der Waals surface area contributed by atoms with E-state index in [9.17, 15) is 22.5 Å². The Bertz CT molecular complexity index is 1360. The second-order valence-electron chi connectivity index (χ2n) is 13.0. The highest BCUT2D eigenvalue weighted by Gasteiger charge is 2.43. The summed E-state index contributed by atoms with van der Waals surface area (Å²) in [6, 6.07) is 10.9. The summed E-state index contributed by atoms with van der Waals surface area (Å²) in [4.78, 5) is 16.0. The summed E-state index contributed by atoms with van der Waals surface area (Å²) in [6.07, 6.45) is -3.80. The van der Waals surface area contributed by atoms with Crippen LogP contribution in [-0.2, 0) is 41.9 Å². The molecule has 0 saturated heterocycles. The van der Waals surface area contributed by atoms with Crippen molar-refractivity contribution in [3.8, 4) is 5.75 Å². The van der Waals surface area contributed by atoms with Crippen LogP contribution in [-0.4, -0.2) is 48.2 Å². The molecule has 44 heavy (non-hydrogen) atoms. The van der Waals surface area contributed by atoms with Crippen LogP contribution < -0.4 is 4.74 Å². The predicted octanol–water partition coefficient (Wildman–Crippen LogP) is 8.40. The number of carbonyl (C=O) groups excluding carboxylic acids is 1. The fraction of sp³-hybridized carbons (Fsp3) is 0.562. The molecule has 0 bridgehead atoms. The van der Waals surface area contributed by atoms with Gasteiger partial charge in [-0.3, -0.25) is 18.4 Å². The van der Waals surface area contributed by atoms with Gasteiger partial charge in [0, 0.05) is 18.9 Å². The van der Waals surface area contributed by atoms with Gasteiger partial charge in [0.25, 0.3) is 0 Å². The van der Waals surface area contributed by atoms with E-state index in [1.807, 2.05) is 0 Å². The third-order valence-electron chi connectivity index (χ3n) is 6.44. The number of nitrogens with zero attached hydrogens (tertiary/aromatic N) is 1. The van der Waals surface area contributed by atoms with Gasteiger partial charge in [0.05, 0.1) is 30.0 Å². The average Bonchev–Trinajstić information content (AvgIpc) is 3.25. The largest absolute Gasteiger partial charge is 0.493 e. The van der Waals surface area contributed by atoms with Crippen molar-refractivity contribution in [2.24, 2.45) is 4.99 Å². The number of Topliss-reactive ketones (excluding diaryl/α,β-unsaturated/α-hetero) is 1. The van der Waals surface area contributed by atoms with Crippen LogP contribution in [0.1, 0.15) is 88.9 Å². The highest BCUT2D eigenvalue weighted by molar-refractivity contribution is 7.48. The monoisotopic (exact) mass is 641 g/mol. The Kier molecular flexibility index (Phi) is 11.2. The molecule has 12 heteroatoms. The molecular formula is C32H43F3NO7P. The maximum Gasteiger partial charge on any atom is 0.475 e. The smallest absolute Gasteiger partial charge is 0.475 e. The van der Waals surface area contributed by atoms with Crippen LogP contribution >= 0.6 is 7.82 Å². The number of ketones is 1. The molecule has 1 unspecified atom stereocenters. The van der Waals surface area contributed by atoms with E-state index >= 15 is 0 Å². The number of carbonyl (C=O) groups is 1. The molecule has 1 heterocycles. The molecule has 0 spiro atoms. The molecule has 0 amide bonds. The van der Waals surface area contributed by atoms with Crippen LogP contribution in [0.15, 0.2) is 47.5 Å². The van der Waals surface area contributed by atoms with Crippen molar-refractivity contribution >= 4 is 19.5 Å². The highest BCUT2D eigenvalue weighted by Crippen LogP contribution is 2.56. The van der Waals surface area contributed by atoms with E-state index < -0.39 is 36.3 Å². The number of halogens is 3. The lowest BCUT2D eigenvalue weighted by atomic mass is 9.93. The molecule has 0 N–H and O–H groups in total. The Morgan fingerprint density at radius 2 is 1.55 bits per heavy atom. The number of ether oxygens (including phenoxy) is 2. The lowest BCUT2D eigenvalue weighted by Crippen LogP contribution is -2.36. The zero-order valence-corrected chi connectivity index (χ0v) is 27.6. The highest BCUT2D eigenvalue weighted by atomic mass is 31.2. The minimum absolute atomic E-state index is 0.0287. The van der Waals surface area contributed by atoms with Crippen LogP contribution in [0.25, 0.3) is 0 Å². The van der Waals surface area contributed by atoms with Crippen molar-refractivity contribution in [1.29, 1.82) is 0 Å². The predicted molar refractivity (Wildman–Crippen MR) is 162 cm³/mol. The van der Waals surface area contributed by atoms with E-state index in [0.717, 1.165) is 11.6 Å². The topological polar surface area (TPSA) is 92.7 Å². The normalized spacial score (nSPS) is 17.8. The molecule has 0 saturated carbocycles. The summed E-state index contributed by atoms with van der Waals surface area (Å²) in [5, 5.41) is 0. The Hall–Kier alpha value is -2.72. The van der Waals surface area contributed by atoms with Gasteiger partial charge < -0.3 is 9.47 Å². The molecule has 0 aliphatic carbocycles. The molecule has 3 rings (SSSR count). The second-order valence-corrected chi connectivity index (χ2v) is 14.5. The number of benzene rings is 2. The van der Waals surface area contributed by atoms with Gasteiger partial charge in [-0.15, -0.1) is 0 Å². The average molecular weight is 642 g/mol. The van der Waals surface area contributed by atoms with Crippen molar-refractivity contribution in [3.05, 3.63) is 64.7 Å². The Morgan fingerprint density at radius 3 is 2.05 bits per heavy atom. The maximum absolute atomic E-state index is 14.1. The maximum atomic E-state index is 14.1. The summed E-state index contributed by atoms with van der Waals surface area (Å²) in [5.74, 6) is 0.0672. The van der Waals surface area contributed by atoms with Gasteiger partial charge in [-0.2, -0.15) is 13.2 Å². The molecule has 1 atom stereocenters. The van der Waals surface area contributed by atoms with Gasteiger partial charge >= 0.3 is 14.0 Å². The first-order valence-corrected chi connectivity index (χ1v) is 15.9. The van der Waals surface area contributed by atoms with Crippen LogP contribution in [0.3, 0.4) is 0 Å². The number of rotatable bonds is 13.